The van der Waals surface area contributed by atoms with E-state index in [0.29, 0.717) is 17.2 Å². The Labute approximate surface area is 248 Å². The maximum Gasteiger partial charge on any atom is 0.334 e. The van der Waals surface area contributed by atoms with Gasteiger partial charge in [0.05, 0.1) is 20.2 Å². The van der Waals surface area contributed by atoms with Crippen molar-refractivity contribution in [3.05, 3.63) is 83.4 Å². The number of carbonyl (C=O) groups is 3. The van der Waals surface area contributed by atoms with E-state index < -0.39 is 12.2 Å². The zero-order chi connectivity index (χ0) is 30.1. The smallest absolute Gasteiger partial charge is 0.334 e. The first-order valence-electron chi connectivity index (χ1n) is 14.0. The molecule has 2 fully saturated rings. The number of carbonyl (C=O) groups excluding carboxylic acids is 3. The molecule has 0 saturated carbocycles. The van der Waals surface area contributed by atoms with Crippen LogP contribution in [0, 0.1) is 0 Å². The fourth-order valence-corrected chi connectivity index (χ4v) is 5.76. The van der Waals surface area contributed by atoms with Crippen molar-refractivity contribution in [2.45, 2.75) is 31.7 Å². The van der Waals surface area contributed by atoms with Crippen molar-refractivity contribution in [3.63, 3.8) is 0 Å². The van der Waals surface area contributed by atoms with Crippen molar-refractivity contribution in [1.29, 1.82) is 0 Å². The summed E-state index contributed by atoms with van der Waals surface area (Å²) in [6.07, 6.45) is -0.514. The molecular formula is C31H33N5O7. The molecule has 43 heavy (non-hydrogen) atoms. The van der Waals surface area contributed by atoms with Gasteiger partial charge in [-0.25, -0.2) is 14.8 Å². The number of phenols is 1. The minimum Gasteiger partial charge on any atom is -0.508 e. The van der Waals surface area contributed by atoms with Crippen LogP contribution in [0.1, 0.15) is 16.7 Å². The molecule has 12 nitrogen and oxygen atoms in total. The highest BCUT2D eigenvalue weighted by atomic mass is 16.7. The molecule has 3 aliphatic heterocycles. The summed E-state index contributed by atoms with van der Waals surface area (Å²) in [6.45, 7) is 0.720. The number of rotatable bonds is 7. The van der Waals surface area contributed by atoms with E-state index in [4.69, 9.17) is 14.2 Å². The zero-order valence-electron chi connectivity index (χ0n) is 23.9. The molecule has 0 bridgehead atoms. The highest BCUT2D eigenvalue weighted by Crippen LogP contribution is 2.34. The van der Waals surface area contributed by atoms with Gasteiger partial charge in [-0.15, -0.1) is 0 Å². The van der Waals surface area contributed by atoms with Gasteiger partial charge in [-0.05, 0) is 53.1 Å². The second-order valence-corrected chi connectivity index (χ2v) is 10.7. The molecule has 0 spiro atoms. The van der Waals surface area contributed by atoms with Gasteiger partial charge in [0.15, 0.2) is 11.5 Å². The molecule has 2 saturated heterocycles. The minimum atomic E-state index is -0.851. The summed E-state index contributed by atoms with van der Waals surface area (Å²) < 4.78 is 16.2. The fourth-order valence-electron chi connectivity index (χ4n) is 5.76. The molecule has 6 rings (SSSR count). The van der Waals surface area contributed by atoms with Crippen molar-refractivity contribution in [1.82, 2.24) is 25.1 Å². The number of amides is 4. The van der Waals surface area contributed by atoms with Gasteiger partial charge in [0.25, 0.3) is 0 Å². The molecule has 0 aliphatic carbocycles. The van der Waals surface area contributed by atoms with Gasteiger partial charge in [-0.3, -0.25) is 9.59 Å². The maximum atomic E-state index is 14.0. The van der Waals surface area contributed by atoms with Gasteiger partial charge >= 0.3 is 6.03 Å². The normalized spacial score (nSPS) is 19.8. The average molecular weight is 588 g/mol. The van der Waals surface area contributed by atoms with Crippen LogP contribution in [0.15, 0.2) is 66.7 Å². The molecule has 12 heteroatoms. The molecule has 3 aliphatic rings. The van der Waals surface area contributed by atoms with Crippen molar-refractivity contribution >= 4 is 17.8 Å². The van der Waals surface area contributed by atoms with Gasteiger partial charge in [0.1, 0.15) is 23.7 Å². The summed E-state index contributed by atoms with van der Waals surface area (Å²) in [5.74, 6) is 1.61. The van der Waals surface area contributed by atoms with Gasteiger partial charge < -0.3 is 34.4 Å². The van der Waals surface area contributed by atoms with E-state index in [9.17, 15) is 19.5 Å². The molecule has 3 heterocycles. The number of hydrogen-bond donors (Lipinski definition) is 2. The summed E-state index contributed by atoms with van der Waals surface area (Å²) in [7, 11) is 3.28. The lowest BCUT2D eigenvalue weighted by Gasteiger charge is -2.54. The Kier molecular flexibility index (Phi) is 7.68. The van der Waals surface area contributed by atoms with Crippen LogP contribution in [0.25, 0.3) is 0 Å². The molecule has 2 atom stereocenters. The Morgan fingerprint density at radius 1 is 0.977 bits per heavy atom. The van der Waals surface area contributed by atoms with E-state index in [1.165, 1.54) is 9.91 Å². The van der Waals surface area contributed by atoms with E-state index in [0.717, 1.165) is 16.7 Å². The lowest BCUT2D eigenvalue weighted by atomic mass is 9.98. The summed E-state index contributed by atoms with van der Waals surface area (Å²) in [6, 6.07) is 18.2. The predicted molar refractivity (Wildman–Crippen MR) is 154 cm³/mol. The molecule has 3 aromatic carbocycles. The van der Waals surface area contributed by atoms with Crippen molar-refractivity contribution in [3.8, 4) is 23.0 Å². The number of nitrogens with one attached hydrogen (secondary N) is 1. The number of benzene rings is 3. The SMILES string of the molecule is COc1ccc(CNC(=O)N2[C@H]3CN(Cc4ccc5c(c4)OCO5)C(=O)[C@H](Cc4ccc(O)cc4)N3C(=O)CN2C)cc1. The van der Waals surface area contributed by atoms with Crippen LogP contribution in [0.2, 0.25) is 0 Å². The summed E-state index contributed by atoms with van der Waals surface area (Å²) in [4.78, 5) is 44.5. The second kappa shape index (κ2) is 11.7. The third-order valence-corrected chi connectivity index (χ3v) is 7.93. The first-order chi connectivity index (χ1) is 20.8. The highest BCUT2D eigenvalue weighted by Gasteiger charge is 2.50. The highest BCUT2D eigenvalue weighted by molar-refractivity contribution is 5.91. The van der Waals surface area contributed by atoms with Crippen LogP contribution in [-0.2, 0) is 29.1 Å². The van der Waals surface area contributed by atoms with Crippen LogP contribution in [0.5, 0.6) is 23.0 Å². The maximum absolute atomic E-state index is 14.0. The Hall–Kier alpha value is -4.97. The van der Waals surface area contributed by atoms with Crippen molar-refractivity contribution in [2.24, 2.45) is 0 Å². The van der Waals surface area contributed by atoms with Gasteiger partial charge in [0, 0.05) is 26.6 Å². The summed E-state index contributed by atoms with van der Waals surface area (Å²) in [5, 5.41) is 15.9. The zero-order valence-corrected chi connectivity index (χ0v) is 23.9. The Bertz CT molecular complexity index is 1510. The molecule has 2 N–H and O–H groups in total. The molecule has 224 valence electrons. The van der Waals surface area contributed by atoms with E-state index in [1.54, 1.807) is 48.3 Å². The third-order valence-electron chi connectivity index (χ3n) is 7.93. The van der Waals surface area contributed by atoms with E-state index >= 15 is 0 Å². The number of piperazine rings is 1. The van der Waals surface area contributed by atoms with Crippen molar-refractivity contribution < 1.29 is 33.7 Å². The van der Waals surface area contributed by atoms with Crippen molar-refractivity contribution in [2.75, 3.05) is 34.0 Å². The number of likely N-dealkylation sites (N-methyl/N-ethyl adjacent to an activating group) is 1. The topological polar surface area (TPSA) is 124 Å². The van der Waals surface area contributed by atoms with Gasteiger partial charge in [-0.2, -0.15) is 0 Å². The number of hydrazine groups is 1. The minimum absolute atomic E-state index is 0.0615. The van der Waals surface area contributed by atoms with E-state index in [-0.39, 0.29) is 63.0 Å². The average Bonchev–Trinajstić information content (AvgIpc) is 3.47. The number of fused-ring (bicyclic) bond motifs is 2. The Morgan fingerprint density at radius 3 is 2.42 bits per heavy atom. The lowest BCUT2D eigenvalue weighted by molar-refractivity contribution is -0.187. The molecular weight excluding hydrogens is 554 g/mol. The second-order valence-electron chi connectivity index (χ2n) is 10.7. The Balaban J connectivity index is 1.28. The van der Waals surface area contributed by atoms with Gasteiger partial charge in [-0.1, -0.05) is 30.3 Å². The number of aromatic hydroxyl groups is 1. The number of urea groups is 1. The van der Waals surface area contributed by atoms with Crippen LogP contribution in [0.4, 0.5) is 4.79 Å². The van der Waals surface area contributed by atoms with E-state index in [2.05, 4.69) is 5.32 Å². The molecule has 4 amide bonds. The monoisotopic (exact) mass is 587 g/mol. The molecule has 3 aromatic rings. The standard InChI is InChI=1S/C31H33N5O7/c1-33-18-29(38)35-25(13-20-3-8-23(37)9-4-20)30(39)34(16-22-7-12-26-27(14-22)43-19-42-26)17-28(35)36(33)31(40)32-15-21-5-10-24(41-2)11-6-21/h3-12,14,25,28,37H,13,15-19H2,1-2H3,(H,32,40)/t25-,28-/m0/s1. The number of methoxy groups -OCH3 is 1. The summed E-state index contributed by atoms with van der Waals surface area (Å²) >= 11 is 0. The number of ether oxygens (including phenoxy) is 3. The van der Waals surface area contributed by atoms with Crippen LogP contribution < -0.4 is 19.5 Å². The quantitative estimate of drug-likeness (QED) is 0.432. The Morgan fingerprint density at radius 2 is 1.67 bits per heavy atom. The predicted octanol–water partition coefficient (Wildman–Crippen LogP) is 2.31. The first-order valence-corrected chi connectivity index (χ1v) is 14.0. The number of hydrogen-bond acceptors (Lipinski definition) is 8. The van der Waals surface area contributed by atoms with Gasteiger partial charge in [0.2, 0.25) is 18.6 Å². The third kappa shape index (κ3) is 5.73. The number of phenolic OH excluding ortho intramolecular Hbond substituents is 1. The number of nitrogens with zero attached hydrogens (tertiary/aromatic N) is 4. The fraction of sp³-hybridized carbons (Fsp3) is 0.323. The largest absolute Gasteiger partial charge is 0.508 e. The first kappa shape index (κ1) is 28.2. The lowest BCUT2D eigenvalue weighted by Crippen LogP contribution is -2.76. The van der Waals surface area contributed by atoms with Crippen LogP contribution >= 0.6 is 0 Å². The van der Waals surface area contributed by atoms with Crippen LogP contribution in [0.3, 0.4) is 0 Å². The molecule has 0 radical (unpaired) electrons. The molecule has 0 aromatic heterocycles. The molecule has 0 unspecified atom stereocenters. The van der Waals surface area contributed by atoms with E-state index in [1.807, 2.05) is 42.5 Å². The van der Waals surface area contributed by atoms with Crippen LogP contribution in [-0.4, -0.2) is 89.0 Å². The summed E-state index contributed by atoms with van der Waals surface area (Å²) in [5.41, 5.74) is 2.50.